The number of nitrogens with two attached hydrogens (primary N) is 2. The van der Waals surface area contributed by atoms with Gasteiger partial charge in [-0.15, -0.1) is 0 Å². The summed E-state index contributed by atoms with van der Waals surface area (Å²) >= 11 is 0. The third-order valence-electron chi connectivity index (χ3n) is 2.44. The zero-order valence-electron chi connectivity index (χ0n) is 8.47. The van der Waals surface area contributed by atoms with Gasteiger partial charge >= 0.3 is 0 Å². The molecule has 1 aliphatic rings. The van der Waals surface area contributed by atoms with Gasteiger partial charge in [0.25, 0.3) is 0 Å². The molecule has 1 aliphatic carbocycles. The van der Waals surface area contributed by atoms with Gasteiger partial charge < -0.3 is 11.5 Å². The van der Waals surface area contributed by atoms with E-state index in [1.807, 2.05) is 18.2 Å². The lowest BCUT2D eigenvalue weighted by molar-refractivity contribution is 0.385. The van der Waals surface area contributed by atoms with Gasteiger partial charge in [-0.2, -0.15) is 0 Å². The second-order valence-corrected chi connectivity index (χ2v) is 3.64. The zero-order valence-corrected chi connectivity index (χ0v) is 8.47. The van der Waals surface area contributed by atoms with E-state index in [1.165, 1.54) is 12.8 Å². The molecule has 3 heteroatoms. The lowest BCUT2D eigenvalue weighted by Gasteiger charge is -2.24. The quantitative estimate of drug-likeness (QED) is 0.652. The average Bonchev–Trinajstić information content (AvgIpc) is 2.26. The van der Waals surface area contributed by atoms with Crippen LogP contribution in [0.3, 0.4) is 0 Å². The number of hydrogen-bond acceptors (Lipinski definition) is 3. The highest BCUT2D eigenvalue weighted by Gasteiger charge is 2.16. The SMILES string of the molecule is NC1CCCCC1N.c1ccncc1. The van der Waals surface area contributed by atoms with Crippen molar-refractivity contribution in [3.05, 3.63) is 30.6 Å². The molecule has 2 atom stereocenters. The molecule has 0 amide bonds. The van der Waals surface area contributed by atoms with Crippen LogP contribution in [0.1, 0.15) is 25.7 Å². The van der Waals surface area contributed by atoms with Crippen molar-refractivity contribution in [3.63, 3.8) is 0 Å². The normalized spacial score (nSPS) is 26.1. The Morgan fingerprint density at radius 3 is 1.57 bits per heavy atom. The van der Waals surface area contributed by atoms with E-state index in [1.54, 1.807) is 12.4 Å². The van der Waals surface area contributed by atoms with Gasteiger partial charge in [-0.3, -0.25) is 4.98 Å². The molecule has 1 aromatic heterocycles. The van der Waals surface area contributed by atoms with E-state index in [0.717, 1.165) is 12.8 Å². The summed E-state index contributed by atoms with van der Waals surface area (Å²) in [4.78, 5) is 3.78. The second-order valence-electron chi connectivity index (χ2n) is 3.64. The molecule has 3 nitrogen and oxygen atoms in total. The van der Waals surface area contributed by atoms with E-state index < -0.39 is 0 Å². The van der Waals surface area contributed by atoms with Gasteiger partial charge in [0.2, 0.25) is 0 Å². The summed E-state index contributed by atoms with van der Waals surface area (Å²) < 4.78 is 0. The minimum Gasteiger partial charge on any atom is -0.326 e. The summed E-state index contributed by atoms with van der Waals surface area (Å²) in [5.74, 6) is 0. The summed E-state index contributed by atoms with van der Waals surface area (Å²) in [5, 5.41) is 0. The highest BCUT2D eigenvalue weighted by molar-refractivity contribution is 4.88. The van der Waals surface area contributed by atoms with Crippen LogP contribution in [0.5, 0.6) is 0 Å². The molecular weight excluding hydrogens is 174 g/mol. The maximum atomic E-state index is 5.65. The Hall–Kier alpha value is -0.930. The molecule has 1 heterocycles. The van der Waals surface area contributed by atoms with Crippen LogP contribution in [0, 0.1) is 0 Å². The molecule has 0 radical (unpaired) electrons. The smallest absolute Gasteiger partial charge is 0.0267 e. The van der Waals surface area contributed by atoms with Gasteiger partial charge in [-0.05, 0) is 25.0 Å². The standard InChI is InChI=1S/C6H14N2.C5H5N/c7-5-3-1-2-4-6(5)8;1-2-4-6-5-3-1/h5-6H,1-4,7-8H2;1-5H. The highest BCUT2D eigenvalue weighted by atomic mass is 14.8. The number of pyridine rings is 1. The maximum Gasteiger partial charge on any atom is 0.0267 e. The third-order valence-corrected chi connectivity index (χ3v) is 2.44. The van der Waals surface area contributed by atoms with Crippen molar-refractivity contribution in [1.29, 1.82) is 0 Å². The van der Waals surface area contributed by atoms with Gasteiger partial charge in [0.1, 0.15) is 0 Å². The van der Waals surface area contributed by atoms with Crippen molar-refractivity contribution in [1.82, 2.24) is 4.98 Å². The van der Waals surface area contributed by atoms with Crippen molar-refractivity contribution >= 4 is 0 Å². The van der Waals surface area contributed by atoms with Crippen LogP contribution in [-0.4, -0.2) is 17.1 Å². The molecule has 1 aromatic rings. The first-order chi connectivity index (χ1) is 6.80. The summed E-state index contributed by atoms with van der Waals surface area (Å²) in [6.45, 7) is 0. The largest absolute Gasteiger partial charge is 0.326 e. The first kappa shape index (κ1) is 11.1. The predicted molar refractivity (Wildman–Crippen MR) is 58.7 cm³/mol. The molecular formula is C11H19N3. The van der Waals surface area contributed by atoms with Crippen LogP contribution in [0.4, 0.5) is 0 Å². The molecule has 4 N–H and O–H groups in total. The van der Waals surface area contributed by atoms with E-state index >= 15 is 0 Å². The van der Waals surface area contributed by atoms with Crippen molar-refractivity contribution in [2.45, 2.75) is 37.8 Å². The van der Waals surface area contributed by atoms with Crippen LogP contribution >= 0.6 is 0 Å². The monoisotopic (exact) mass is 193 g/mol. The van der Waals surface area contributed by atoms with E-state index in [4.69, 9.17) is 11.5 Å². The molecule has 0 bridgehead atoms. The Labute approximate surface area is 85.5 Å². The van der Waals surface area contributed by atoms with Crippen molar-refractivity contribution in [3.8, 4) is 0 Å². The molecule has 2 unspecified atom stereocenters. The fourth-order valence-electron chi connectivity index (χ4n) is 1.50. The van der Waals surface area contributed by atoms with Gasteiger partial charge in [-0.1, -0.05) is 18.9 Å². The molecule has 14 heavy (non-hydrogen) atoms. The fourth-order valence-corrected chi connectivity index (χ4v) is 1.50. The zero-order chi connectivity index (χ0) is 10.2. The lowest BCUT2D eigenvalue weighted by Crippen LogP contribution is -2.43. The number of aromatic nitrogens is 1. The number of nitrogens with zero attached hydrogens (tertiary/aromatic N) is 1. The topological polar surface area (TPSA) is 64.9 Å². The number of rotatable bonds is 0. The molecule has 0 spiro atoms. The first-order valence-electron chi connectivity index (χ1n) is 5.17. The number of hydrogen-bond donors (Lipinski definition) is 2. The van der Waals surface area contributed by atoms with Crippen LogP contribution < -0.4 is 11.5 Å². The van der Waals surface area contributed by atoms with Gasteiger partial charge in [0.15, 0.2) is 0 Å². The lowest BCUT2D eigenvalue weighted by atomic mass is 9.92. The Bertz CT molecular complexity index is 189. The summed E-state index contributed by atoms with van der Waals surface area (Å²) in [5.41, 5.74) is 11.3. The first-order valence-corrected chi connectivity index (χ1v) is 5.17. The van der Waals surface area contributed by atoms with Crippen molar-refractivity contribution in [2.75, 3.05) is 0 Å². The Morgan fingerprint density at radius 1 is 0.857 bits per heavy atom. The Balaban J connectivity index is 0.000000146. The molecule has 0 aliphatic heterocycles. The van der Waals surface area contributed by atoms with E-state index in [9.17, 15) is 0 Å². The molecule has 1 fully saturated rings. The molecule has 2 rings (SSSR count). The van der Waals surface area contributed by atoms with Crippen LogP contribution in [0.2, 0.25) is 0 Å². The molecule has 1 saturated carbocycles. The van der Waals surface area contributed by atoms with Crippen molar-refractivity contribution in [2.24, 2.45) is 11.5 Å². The minimum atomic E-state index is 0.281. The average molecular weight is 193 g/mol. The second kappa shape index (κ2) is 6.51. The van der Waals surface area contributed by atoms with Crippen LogP contribution in [0.15, 0.2) is 30.6 Å². The van der Waals surface area contributed by atoms with Gasteiger partial charge in [0, 0.05) is 24.5 Å². The fraction of sp³-hybridized carbons (Fsp3) is 0.545. The molecule has 78 valence electrons. The molecule has 0 aromatic carbocycles. The van der Waals surface area contributed by atoms with Gasteiger partial charge in [0.05, 0.1) is 0 Å². The maximum absolute atomic E-state index is 5.65. The van der Waals surface area contributed by atoms with Crippen LogP contribution in [-0.2, 0) is 0 Å². The summed E-state index contributed by atoms with van der Waals surface area (Å²) in [7, 11) is 0. The van der Waals surface area contributed by atoms with E-state index in [0.29, 0.717) is 0 Å². The van der Waals surface area contributed by atoms with Crippen LogP contribution in [0.25, 0.3) is 0 Å². The Morgan fingerprint density at radius 2 is 1.36 bits per heavy atom. The van der Waals surface area contributed by atoms with Gasteiger partial charge in [-0.25, -0.2) is 0 Å². The summed E-state index contributed by atoms with van der Waals surface area (Å²) in [6, 6.07) is 6.28. The molecule has 0 saturated heterocycles. The third kappa shape index (κ3) is 4.35. The van der Waals surface area contributed by atoms with E-state index in [-0.39, 0.29) is 12.1 Å². The Kier molecular flexibility index (Phi) is 5.19. The van der Waals surface area contributed by atoms with Crippen molar-refractivity contribution < 1.29 is 0 Å². The predicted octanol–water partition coefficient (Wildman–Crippen LogP) is 1.30. The summed E-state index contributed by atoms with van der Waals surface area (Å²) in [6.07, 6.45) is 8.30. The minimum absolute atomic E-state index is 0.281. The highest BCUT2D eigenvalue weighted by Crippen LogP contribution is 2.14. The van der Waals surface area contributed by atoms with E-state index in [2.05, 4.69) is 4.98 Å².